The standard InChI is InChI=1S/C25H23N2OS/c1-15(2)23-17(4)27(25(29-23)18-9-6-5-7-10-18)21-14-20-19-11-8-12-26-24(19)28-22(20)13-16(21)3/h5-15H,1-4H3/q+1. The van der Waals surface area contributed by atoms with Gasteiger partial charge in [0.25, 0.3) is 5.01 Å². The van der Waals surface area contributed by atoms with E-state index in [0.717, 1.165) is 16.4 Å². The van der Waals surface area contributed by atoms with Gasteiger partial charge in [0.2, 0.25) is 11.4 Å². The number of thiazole rings is 1. The summed E-state index contributed by atoms with van der Waals surface area (Å²) in [7, 11) is 0. The highest BCUT2D eigenvalue weighted by molar-refractivity contribution is 7.14. The zero-order valence-corrected chi connectivity index (χ0v) is 17.9. The van der Waals surface area contributed by atoms with Crippen LogP contribution in [0, 0.1) is 13.8 Å². The van der Waals surface area contributed by atoms with Gasteiger partial charge in [-0.25, -0.2) is 4.98 Å². The number of benzene rings is 2. The first-order valence-corrected chi connectivity index (χ1v) is 10.7. The van der Waals surface area contributed by atoms with Crippen molar-refractivity contribution in [3.63, 3.8) is 0 Å². The second-order valence-electron chi connectivity index (χ2n) is 7.81. The first-order chi connectivity index (χ1) is 14.0. The van der Waals surface area contributed by atoms with Gasteiger partial charge in [0.05, 0.1) is 10.4 Å². The van der Waals surface area contributed by atoms with Gasteiger partial charge >= 0.3 is 0 Å². The predicted octanol–water partition coefficient (Wildman–Crippen LogP) is 6.73. The van der Waals surface area contributed by atoms with Crippen molar-refractivity contribution in [1.82, 2.24) is 4.98 Å². The molecule has 0 aliphatic rings. The maximum atomic E-state index is 5.99. The Hall–Kier alpha value is -2.98. The Balaban J connectivity index is 1.84. The molecule has 144 valence electrons. The Morgan fingerprint density at radius 2 is 1.76 bits per heavy atom. The van der Waals surface area contributed by atoms with Crippen LogP contribution in [0.3, 0.4) is 0 Å². The highest BCUT2D eigenvalue weighted by atomic mass is 32.1. The highest BCUT2D eigenvalue weighted by Crippen LogP contribution is 2.35. The third-order valence-corrected chi connectivity index (χ3v) is 7.05. The van der Waals surface area contributed by atoms with Crippen molar-refractivity contribution < 1.29 is 8.98 Å². The smallest absolute Gasteiger partial charge is 0.275 e. The molecule has 29 heavy (non-hydrogen) atoms. The normalized spacial score (nSPS) is 11.8. The van der Waals surface area contributed by atoms with E-state index in [0.29, 0.717) is 11.6 Å². The fourth-order valence-electron chi connectivity index (χ4n) is 4.07. The molecule has 0 unspecified atom stereocenters. The minimum Gasteiger partial charge on any atom is -0.438 e. The van der Waals surface area contributed by atoms with E-state index in [1.165, 1.54) is 32.4 Å². The summed E-state index contributed by atoms with van der Waals surface area (Å²) in [4.78, 5) is 5.81. The lowest BCUT2D eigenvalue weighted by atomic mass is 10.1. The van der Waals surface area contributed by atoms with Gasteiger partial charge in [-0.2, -0.15) is 0 Å². The Morgan fingerprint density at radius 1 is 0.966 bits per heavy atom. The molecule has 0 saturated heterocycles. The maximum Gasteiger partial charge on any atom is 0.275 e. The van der Waals surface area contributed by atoms with Gasteiger partial charge in [-0.3, -0.25) is 0 Å². The van der Waals surface area contributed by atoms with Crippen LogP contribution in [0.5, 0.6) is 0 Å². The molecule has 0 bridgehead atoms. The third kappa shape index (κ3) is 2.87. The van der Waals surface area contributed by atoms with Gasteiger partial charge in [0.1, 0.15) is 5.58 Å². The quantitative estimate of drug-likeness (QED) is 0.315. The summed E-state index contributed by atoms with van der Waals surface area (Å²) in [5, 5.41) is 3.43. The summed E-state index contributed by atoms with van der Waals surface area (Å²) in [6.45, 7) is 8.92. The maximum absolute atomic E-state index is 5.99. The molecule has 3 heterocycles. The summed E-state index contributed by atoms with van der Waals surface area (Å²) in [6, 6.07) is 19.1. The van der Waals surface area contributed by atoms with Crippen molar-refractivity contribution in [3.05, 3.63) is 76.9 Å². The van der Waals surface area contributed by atoms with E-state index in [2.05, 4.69) is 85.8 Å². The molecule has 0 N–H and O–H groups in total. The molecule has 0 saturated carbocycles. The number of furan rings is 1. The lowest BCUT2D eigenvalue weighted by Gasteiger charge is -2.04. The molecule has 0 amide bonds. The van der Waals surface area contributed by atoms with Crippen LogP contribution in [0.1, 0.15) is 35.9 Å². The average Bonchev–Trinajstić information content (AvgIpc) is 3.25. The van der Waals surface area contributed by atoms with Crippen LogP contribution in [0.25, 0.3) is 38.3 Å². The van der Waals surface area contributed by atoms with Crippen LogP contribution in [-0.4, -0.2) is 4.98 Å². The Kier molecular flexibility index (Phi) is 4.25. The summed E-state index contributed by atoms with van der Waals surface area (Å²) in [5.74, 6) is 0.478. The third-order valence-electron chi connectivity index (χ3n) is 5.45. The molecule has 3 aromatic heterocycles. The van der Waals surface area contributed by atoms with E-state index in [1.807, 2.05) is 17.4 Å². The van der Waals surface area contributed by atoms with Gasteiger partial charge in [-0.1, -0.05) is 43.4 Å². The molecule has 5 rings (SSSR count). The SMILES string of the molecule is Cc1cc2oc3ncccc3c2cc1-[n+]1c(-c2ccccc2)sc(C(C)C)c1C. The average molecular weight is 400 g/mol. The van der Waals surface area contributed by atoms with Gasteiger partial charge < -0.3 is 4.42 Å². The van der Waals surface area contributed by atoms with Crippen LogP contribution in [0.4, 0.5) is 0 Å². The molecule has 5 aromatic rings. The number of pyridine rings is 1. The molecular weight excluding hydrogens is 376 g/mol. The highest BCUT2D eigenvalue weighted by Gasteiger charge is 2.29. The van der Waals surface area contributed by atoms with Crippen molar-refractivity contribution in [2.45, 2.75) is 33.6 Å². The minimum atomic E-state index is 0.478. The Morgan fingerprint density at radius 3 is 2.52 bits per heavy atom. The summed E-state index contributed by atoms with van der Waals surface area (Å²) >= 11 is 1.89. The summed E-state index contributed by atoms with van der Waals surface area (Å²) < 4.78 is 8.41. The fourth-order valence-corrected chi connectivity index (χ4v) is 5.33. The topological polar surface area (TPSA) is 29.9 Å². The number of aryl methyl sites for hydroxylation is 1. The molecule has 0 aliphatic heterocycles. The van der Waals surface area contributed by atoms with Crippen molar-refractivity contribution in [2.75, 3.05) is 0 Å². The molecular formula is C25H23N2OS+. The van der Waals surface area contributed by atoms with Crippen molar-refractivity contribution in [2.24, 2.45) is 0 Å². The lowest BCUT2D eigenvalue weighted by molar-refractivity contribution is -0.586. The zero-order chi connectivity index (χ0) is 20.1. The number of fused-ring (bicyclic) bond motifs is 3. The monoisotopic (exact) mass is 399 g/mol. The molecule has 4 heteroatoms. The minimum absolute atomic E-state index is 0.478. The first-order valence-electron chi connectivity index (χ1n) is 9.93. The number of rotatable bonds is 3. The Labute approximate surface area is 174 Å². The largest absolute Gasteiger partial charge is 0.438 e. The van der Waals surface area contributed by atoms with Crippen LogP contribution in [0.2, 0.25) is 0 Å². The second kappa shape index (κ2) is 6.82. The van der Waals surface area contributed by atoms with Gasteiger partial charge in [-0.15, -0.1) is 4.57 Å². The van der Waals surface area contributed by atoms with Crippen LogP contribution >= 0.6 is 11.3 Å². The molecule has 0 aliphatic carbocycles. The molecule has 0 radical (unpaired) electrons. The molecule has 0 atom stereocenters. The van der Waals surface area contributed by atoms with Crippen LogP contribution < -0.4 is 4.57 Å². The fraction of sp³-hybridized carbons (Fsp3) is 0.200. The van der Waals surface area contributed by atoms with E-state index in [-0.39, 0.29) is 0 Å². The second-order valence-corrected chi connectivity index (χ2v) is 8.84. The molecule has 2 aromatic carbocycles. The molecule has 3 nitrogen and oxygen atoms in total. The number of nitrogens with zero attached hydrogens (tertiary/aromatic N) is 2. The van der Waals surface area contributed by atoms with E-state index in [1.54, 1.807) is 6.20 Å². The number of aromatic nitrogens is 2. The van der Waals surface area contributed by atoms with Gasteiger partial charge in [-0.05, 0) is 43.2 Å². The summed E-state index contributed by atoms with van der Waals surface area (Å²) in [5.41, 5.74) is 6.51. The Bertz CT molecular complexity index is 1350. The number of hydrogen-bond acceptors (Lipinski definition) is 3. The van der Waals surface area contributed by atoms with Gasteiger partial charge in [0.15, 0.2) is 5.69 Å². The summed E-state index contributed by atoms with van der Waals surface area (Å²) in [6.07, 6.45) is 1.78. The van der Waals surface area contributed by atoms with Crippen LogP contribution in [0.15, 0.2) is 65.2 Å². The van der Waals surface area contributed by atoms with Crippen molar-refractivity contribution >= 4 is 33.4 Å². The van der Waals surface area contributed by atoms with E-state index in [4.69, 9.17) is 4.42 Å². The predicted molar refractivity (Wildman–Crippen MR) is 120 cm³/mol. The van der Waals surface area contributed by atoms with E-state index < -0.39 is 0 Å². The molecule has 0 spiro atoms. The molecule has 0 fully saturated rings. The van der Waals surface area contributed by atoms with E-state index in [9.17, 15) is 0 Å². The first kappa shape index (κ1) is 18.1. The van der Waals surface area contributed by atoms with Crippen molar-refractivity contribution in [1.29, 1.82) is 0 Å². The van der Waals surface area contributed by atoms with Gasteiger partial charge in [0, 0.05) is 35.5 Å². The zero-order valence-electron chi connectivity index (χ0n) is 17.1. The van der Waals surface area contributed by atoms with Crippen LogP contribution in [-0.2, 0) is 0 Å². The van der Waals surface area contributed by atoms with Crippen molar-refractivity contribution in [3.8, 4) is 16.3 Å². The van der Waals surface area contributed by atoms with E-state index >= 15 is 0 Å². The number of hydrogen-bond donors (Lipinski definition) is 0. The lowest BCUT2D eigenvalue weighted by Crippen LogP contribution is -2.35.